The Labute approximate surface area is 186 Å². The molecule has 0 aromatic rings. The Morgan fingerprint density at radius 3 is 1.97 bits per heavy atom. The fraction of sp³-hybridized carbons (Fsp3) is 1.00. The van der Waals surface area contributed by atoms with E-state index in [1.165, 1.54) is 0 Å². The second-order valence-electron chi connectivity index (χ2n) is 8.78. The minimum Gasteiger partial charge on any atom is -0.396 e. The molecule has 0 radical (unpaired) electrons. The minimum absolute atomic E-state index is 0.00998. The highest BCUT2D eigenvalue weighted by atomic mass is 16.2. The standard InChI is InChI=1S/C23H54N6O/c1-5-13-21(26)29-23(19(24)7-3)18(15-11-9-10-12-16-30)17-27-22(14-6-2)28-20(25)8-4/h18-23,27-30H,5-17,24-26H2,1-4H3. The summed E-state index contributed by atoms with van der Waals surface area (Å²) in [6.45, 7) is 9.79. The molecule has 6 unspecified atom stereocenters. The monoisotopic (exact) mass is 430 g/mol. The van der Waals surface area contributed by atoms with Gasteiger partial charge in [-0.15, -0.1) is 0 Å². The molecule has 0 aliphatic carbocycles. The van der Waals surface area contributed by atoms with Gasteiger partial charge in [-0.05, 0) is 44.4 Å². The normalized spacial score (nSPS) is 18.0. The smallest absolute Gasteiger partial charge is 0.0583 e. The SMILES string of the molecule is CCCC(N)NC(C(N)CC)C(CCCCCCO)CNC(CCC)NC(N)CC. The zero-order valence-corrected chi connectivity index (χ0v) is 20.3. The van der Waals surface area contributed by atoms with Crippen molar-refractivity contribution in [2.45, 2.75) is 129 Å². The summed E-state index contributed by atoms with van der Waals surface area (Å²) in [6, 6.07) is 0.261. The van der Waals surface area contributed by atoms with Crippen molar-refractivity contribution in [2.75, 3.05) is 13.2 Å². The van der Waals surface area contributed by atoms with E-state index >= 15 is 0 Å². The van der Waals surface area contributed by atoms with E-state index in [0.29, 0.717) is 5.92 Å². The van der Waals surface area contributed by atoms with Crippen molar-refractivity contribution >= 4 is 0 Å². The average molecular weight is 431 g/mol. The fourth-order valence-corrected chi connectivity index (χ4v) is 3.99. The van der Waals surface area contributed by atoms with Gasteiger partial charge in [0, 0.05) is 25.2 Å². The lowest BCUT2D eigenvalue weighted by Gasteiger charge is -2.36. The summed E-state index contributed by atoms with van der Waals surface area (Å²) in [4.78, 5) is 0. The Morgan fingerprint density at radius 2 is 1.40 bits per heavy atom. The third-order valence-corrected chi connectivity index (χ3v) is 5.99. The number of unbranched alkanes of at least 4 members (excludes halogenated alkanes) is 3. The molecule has 0 aromatic carbocycles. The van der Waals surface area contributed by atoms with Gasteiger partial charge in [-0.1, -0.05) is 59.8 Å². The first kappa shape index (κ1) is 29.7. The Kier molecular flexibility index (Phi) is 19.2. The lowest BCUT2D eigenvalue weighted by molar-refractivity contribution is 0.228. The van der Waals surface area contributed by atoms with Gasteiger partial charge in [0.05, 0.1) is 18.5 Å². The van der Waals surface area contributed by atoms with Gasteiger partial charge in [0.1, 0.15) is 0 Å². The fourth-order valence-electron chi connectivity index (χ4n) is 3.99. The molecule has 7 nitrogen and oxygen atoms in total. The largest absolute Gasteiger partial charge is 0.396 e. The summed E-state index contributed by atoms with van der Waals surface area (Å²) >= 11 is 0. The quantitative estimate of drug-likeness (QED) is 0.110. The van der Waals surface area contributed by atoms with Crippen molar-refractivity contribution in [3.05, 3.63) is 0 Å². The number of rotatable bonds is 21. The van der Waals surface area contributed by atoms with Crippen LogP contribution in [0.1, 0.15) is 98.3 Å². The third-order valence-electron chi connectivity index (χ3n) is 5.99. The third kappa shape index (κ3) is 13.9. The van der Waals surface area contributed by atoms with E-state index in [2.05, 4.69) is 43.6 Å². The van der Waals surface area contributed by atoms with E-state index < -0.39 is 0 Å². The number of aliphatic hydroxyl groups excluding tert-OH is 1. The van der Waals surface area contributed by atoms with Crippen LogP contribution in [0.2, 0.25) is 0 Å². The highest BCUT2D eigenvalue weighted by molar-refractivity contribution is 4.88. The molecule has 0 rings (SSSR count). The molecule has 0 saturated carbocycles. The Morgan fingerprint density at radius 1 is 0.733 bits per heavy atom. The molecular weight excluding hydrogens is 376 g/mol. The van der Waals surface area contributed by atoms with Gasteiger partial charge in [0.25, 0.3) is 0 Å². The second-order valence-corrected chi connectivity index (χ2v) is 8.78. The first-order valence-electron chi connectivity index (χ1n) is 12.6. The molecule has 0 aliphatic heterocycles. The summed E-state index contributed by atoms with van der Waals surface area (Å²) in [5.41, 5.74) is 19.1. The van der Waals surface area contributed by atoms with Crippen LogP contribution in [0.5, 0.6) is 0 Å². The number of hydrogen-bond donors (Lipinski definition) is 7. The molecular formula is C23H54N6O. The average Bonchev–Trinajstić information content (AvgIpc) is 2.73. The van der Waals surface area contributed by atoms with Crippen molar-refractivity contribution in [2.24, 2.45) is 23.1 Å². The van der Waals surface area contributed by atoms with Gasteiger partial charge < -0.3 is 27.6 Å². The maximum absolute atomic E-state index is 9.04. The highest BCUT2D eigenvalue weighted by Gasteiger charge is 2.28. The number of hydrogen-bond acceptors (Lipinski definition) is 7. The molecule has 0 spiro atoms. The Hall–Kier alpha value is -0.280. The van der Waals surface area contributed by atoms with Gasteiger partial charge in [-0.25, -0.2) is 0 Å². The van der Waals surface area contributed by atoms with Crippen molar-refractivity contribution in [1.29, 1.82) is 0 Å². The molecule has 0 heterocycles. The minimum atomic E-state index is -0.0208. The molecule has 0 amide bonds. The van der Waals surface area contributed by atoms with Crippen LogP contribution < -0.4 is 33.2 Å². The van der Waals surface area contributed by atoms with Gasteiger partial charge in [-0.3, -0.25) is 10.6 Å². The maximum Gasteiger partial charge on any atom is 0.0583 e. The molecule has 0 bridgehead atoms. The number of nitrogens with two attached hydrogens (primary N) is 3. The molecule has 182 valence electrons. The molecule has 0 fully saturated rings. The molecule has 0 aliphatic rings. The van der Waals surface area contributed by atoms with Crippen LogP contribution in [-0.2, 0) is 0 Å². The molecule has 0 saturated heterocycles. The highest BCUT2D eigenvalue weighted by Crippen LogP contribution is 2.19. The lowest BCUT2D eigenvalue weighted by Crippen LogP contribution is -2.58. The van der Waals surface area contributed by atoms with Crippen LogP contribution in [0.4, 0.5) is 0 Å². The summed E-state index contributed by atoms with van der Waals surface area (Å²) in [7, 11) is 0. The molecule has 30 heavy (non-hydrogen) atoms. The molecule has 6 atom stereocenters. The summed E-state index contributed by atoms with van der Waals surface area (Å²) in [5.74, 6) is 0.399. The summed E-state index contributed by atoms with van der Waals surface area (Å²) in [5, 5.41) is 19.9. The van der Waals surface area contributed by atoms with E-state index in [1.54, 1.807) is 0 Å². The van der Waals surface area contributed by atoms with Crippen molar-refractivity contribution in [3.63, 3.8) is 0 Å². The van der Waals surface area contributed by atoms with Gasteiger partial charge in [-0.2, -0.15) is 0 Å². The Balaban J connectivity index is 5.15. The van der Waals surface area contributed by atoms with Gasteiger partial charge >= 0.3 is 0 Å². The Bertz CT molecular complexity index is 374. The van der Waals surface area contributed by atoms with Crippen LogP contribution >= 0.6 is 0 Å². The van der Waals surface area contributed by atoms with E-state index in [0.717, 1.165) is 77.2 Å². The zero-order chi connectivity index (χ0) is 22.8. The lowest BCUT2D eigenvalue weighted by atomic mass is 9.87. The molecule has 0 aromatic heterocycles. The van der Waals surface area contributed by atoms with Crippen molar-refractivity contribution in [1.82, 2.24) is 16.0 Å². The van der Waals surface area contributed by atoms with E-state index in [1.807, 2.05) is 0 Å². The van der Waals surface area contributed by atoms with E-state index in [4.69, 9.17) is 22.3 Å². The topological polar surface area (TPSA) is 134 Å². The van der Waals surface area contributed by atoms with Crippen LogP contribution in [0.25, 0.3) is 0 Å². The number of nitrogens with one attached hydrogen (secondary N) is 3. The second kappa shape index (κ2) is 19.4. The van der Waals surface area contributed by atoms with Crippen molar-refractivity contribution < 1.29 is 5.11 Å². The van der Waals surface area contributed by atoms with Gasteiger partial charge in [0.2, 0.25) is 0 Å². The van der Waals surface area contributed by atoms with Crippen LogP contribution in [0.3, 0.4) is 0 Å². The first-order valence-corrected chi connectivity index (χ1v) is 12.6. The zero-order valence-electron chi connectivity index (χ0n) is 20.3. The van der Waals surface area contributed by atoms with Crippen molar-refractivity contribution in [3.8, 4) is 0 Å². The molecule has 7 heteroatoms. The maximum atomic E-state index is 9.04. The van der Waals surface area contributed by atoms with Crippen LogP contribution in [0, 0.1) is 5.92 Å². The predicted molar refractivity (Wildman–Crippen MR) is 130 cm³/mol. The summed E-state index contributed by atoms with van der Waals surface area (Å²) in [6.07, 6.45) is 11.5. The van der Waals surface area contributed by atoms with E-state index in [9.17, 15) is 0 Å². The van der Waals surface area contributed by atoms with Crippen LogP contribution in [0.15, 0.2) is 0 Å². The summed E-state index contributed by atoms with van der Waals surface area (Å²) < 4.78 is 0. The van der Waals surface area contributed by atoms with Gasteiger partial charge in [0.15, 0.2) is 0 Å². The predicted octanol–water partition coefficient (Wildman–Crippen LogP) is 2.33. The van der Waals surface area contributed by atoms with Crippen LogP contribution in [-0.4, -0.2) is 48.8 Å². The number of aliphatic hydroxyl groups is 1. The first-order chi connectivity index (χ1) is 14.4. The van der Waals surface area contributed by atoms with E-state index in [-0.39, 0.29) is 37.2 Å². The molecule has 10 N–H and O–H groups in total.